The maximum atomic E-state index is 14.7. The van der Waals surface area contributed by atoms with E-state index in [2.05, 4.69) is 21.8 Å². The molecule has 1 fully saturated rings. The smallest absolute Gasteiger partial charge is 0.391 e. The zero-order chi connectivity index (χ0) is 22.2. The summed E-state index contributed by atoms with van der Waals surface area (Å²) >= 11 is 0. The molecule has 10 heteroatoms. The topological polar surface area (TPSA) is 108 Å². The summed E-state index contributed by atoms with van der Waals surface area (Å²) in [5.41, 5.74) is 1.94. The average molecular weight is 441 g/mol. The Morgan fingerprint density at radius 3 is 2.63 bits per heavy atom. The van der Waals surface area contributed by atoms with Gasteiger partial charge in [-0.3, -0.25) is 0 Å². The first-order chi connectivity index (χ1) is 14.0. The van der Waals surface area contributed by atoms with E-state index >= 15 is 0 Å². The summed E-state index contributed by atoms with van der Waals surface area (Å²) in [7, 11) is -3.94. The highest BCUT2D eigenvalue weighted by Gasteiger charge is 2.38. The fraction of sp³-hybridized carbons (Fsp3) is 0.600. The molecule has 1 saturated heterocycles. The van der Waals surface area contributed by atoms with E-state index in [9.17, 15) is 17.6 Å². The molecule has 0 aliphatic carbocycles. The molecular weight excluding hydrogens is 411 g/mol. The summed E-state index contributed by atoms with van der Waals surface area (Å²) in [6.45, 7) is 9.68. The molecule has 0 bridgehead atoms. The molecule has 0 radical (unpaired) electrons. The lowest BCUT2D eigenvalue weighted by Crippen LogP contribution is -2.50. The molecule has 0 amide bonds. The van der Waals surface area contributed by atoms with Crippen LogP contribution in [0.5, 0.6) is 0 Å². The van der Waals surface area contributed by atoms with Crippen LogP contribution in [0.15, 0.2) is 21.3 Å². The van der Waals surface area contributed by atoms with E-state index in [1.807, 2.05) is 13.8 Å². The minimum Gasteiger partial charge on any atom is -0.391 e. The van der Waals surface area contributed by atoms with Crippen molar-refractivity contribution < 1.29 is 17.2 Å². The molecule has 2 N–H and O–H groups in total. The van der Waals surface area contributed by atoms with Gasteiger partial charge in [-0.15, -0.1) is 5.10 Å². The molecule has 1 aliphatic heterocycles. The third-order valence-corrected chi connectivity index (χ3v) is 7.78. The number of benzene rings is 1. The largest absolute Gasteiger partial charge is 0.434 e. The molecule has 0 saturated carbocycles. The van der Waals surface area contributed by atoms with E-state index in [0.29, 0.717) is 23.6 Å². The van der Waals surface area contributed by atoms with Crippen molar-refractivity contribution in [2.24, 2.45) is 5.92 Å². The number of aromatic amines is 1. The van der Waals surface area contributed by atoms with Gasteiger partial charge >= 0.3 is 5.76 Å². The Hall–Kier alpha value is -2.04. The van der Waals surface area contributed by atoms with Crippen molar-refractivity contribution in [2.75, 3.05) is 6.54 Å². The Bertz CT molecular complexity index is 1060. The number of H-pyrrole nitrogens is 1. The minimum atomic E-state index is -3.94. The minimum absolute atomic E-state index is 0.130. The summed E-state index contributed by atoms with van der Waals surface area (Å²) < 4.78 is 50.3. The fourth-order valence-electron chi connectivity index (χ4n) is 4.24. The molecule has 30 heavy (non-hydrogen) atoms. The van der Waals surface area contributed by atoms with Gasteiger partial charge in [0, 0.05) is 18.5 Å². The monoisotopic (exact) mass is 440 g/mol. The summed E-state index contributed by atoms with van der Waals surface area (Å²) in [4.78, 5) is 11.6. The van der Waals surface area contributed by atoms with Crippen LogP contribution < -0.4 is 10.5 Å². The van der Waals surface area contributed by atoms with Gasteiger partial charge in [0.1, 0.15) is 11.9 Å². The number of nitrogens with one attached hydrogen (secondary N) is 2. The Labute approximate surface area is 176 Å². The molecule has 4 atom stereocenters. The second-order valence-corrected chi connectivity index (χ2v) is 9.99. The number of hydrogen-bond acceptors (Lipinski definition) is 5. The predicted molar refractivity (Wildman–Crippen MR) is 111 cm³/mol. The third-order valence-electron chi connectivity index (χ3n) is 6.07. The van der Waals surface area contributed by atoms with E-state index in [1.54, 1.807) is 19.9 Å². The Morgan fingerprint density at radius 2 is 2.03 bits per heavy atom. The normalized spacial score (nSPS) is 22.7. The lowest BCUT2D eigenvalue weighted by Gasteiger charge is -2.36. The van der Waals surface area contributed by atoms with E-state index < -0.39 is 33.7 Å². The number of hydrogen-bond donors (Lipinski definition) is 2. The second-order valence-electron chi connectivity index (χ2n) is 8.33. The van der Waals surface area contributed by atoms with Gasteiger partial charge in [-0.05, 0) is 62.3 Å². The Morgan fingerprint density at radius 1 is 1.33 bits per heavy atom. The molecule has 1 aromatic heterocycles. The third kappa shape index (κ3) is 4.50. The molecule has 1 aliphatic rings. The van der Waals surface area contributed by atoms with Gasteiger partial charge in [0.15, 0.2) is 0 Å². The molecule has 1 aromatic carbocycles. The van der Waals surface area contributed by atoms with Gasteiger partial charge in [-0.1, -0.05) is 19.9 Å². The lowest BCUT2D eigenvalue weighted by atomic mass is 9.88. The highest BCUT2D eigenvalue weighted by atomic mass is 32.2. The SMILES string of the molecule is Cc1ccc(F)c([C@@H](C)[C@H](NS(=O)(=O)N2CCC(C)CC2C)c2n[nH]c(=O)o2)c1C. The van der Waals surface area contributed by atoms with Gasteiger partial charge in [0.2, 0.25) is 5.89 Å². The number of piperidine rings is 1. The molecule has 2 heterocycles. The molecule has 8 nitrogen and oxygen atoms in total. The molecule has 2 unspecified atom stereocenters. The maximum Gasteiger partial charge on any atom is 0.434 e. The summed E-state index contributed by atoms with van der Waals surface area (Å²) in [6.07, 6.45) is 1.51. The van der Waals surface area contributed by atoms with Crippen molar-refractivity contribution in [3.8, 4) is 0 Å². The molecule has 0 spiro atoms. The Kier molecular flexibility index (Phi) is 6.49. The number of aromatic nitrogens is 2. The summed E-state index contributed by atoms with van der Waals surface area (Å²) in [5.74, 6) is -1.62. The van der Waals surface area contributed by atoms with E-state index in [-0.39, 0.29) is 11.9 Å². The average Bonchev–Trinajstić information content (AvgIpc) is 3.09. The van der Waals surface area contributed by atoms with Gasteiger partial charge in [0.25, 0.3) is 10.2 Å². The zero-order valence-corrected chi connectivity index (χ0v) is 18.7. The van der Waals surface area contributed by atoms with Crippen molar-refractivity contribution in [1.82, 2.24) is 19.2 Å². The van der Waals surface area contributed by atoms with Crippen LogP contribution in [0.4, 0.5) is 4.39 Å². The number of rotatable bonds is 6. The molecular formula is C20H29FN4O4S. The lowest BCUT2D eigenvalue weighted by molar-refractivity contribution is 0.215. The van der Waals surface area contributed by atoms with Crippen molar-refractivity contribution in [2.45, 2.75) is 65.5 Å². The molecule has 2 aromatic rings. The predicted octanol–water partition coefficient (Wildman–Crippen LogP) is 2.92. The standard InChI is InChI=1S/C20H29FN4O4S/c1-11-8-9-25(13(3)10-11)30(27,28)24-18(19-22-23-20(26)29-19)15(5)17-14(4)12(2)6-7-16(17)21/h6-7,11,13,15,18,24H,8-10H2,1-5H3,(H,23,26)/t11?,13?,15-,18+/m1/s1. The van der Waals surface area contributed by atoms with Crippen LogP contribution in [-0.4, -0.2) is 35.5 Å². The summed E-state index contributed by atoms with van der Waals surface area (Å²) in [6, 6.07) is 1.79. The van der Waals surface area contributed by atoms with E-state index in [4.69, 9.17) is 4.42 Å². The van der Waals surface area contributed by atoms with Crippen molar-refractivity contribution in [3.63, 3.8) is 0 Å². The van der Waals surface area contributed by atoms with Gasteiger partial charge < -0.3 is 4.42 Å². The van der Waals surface area contributed by atoms with Gasteiger partial charge in [-0.2, -0.15) is 17.4 Å². The first-order valence-electron chi connectivity index (χ1n) is 10.1. The van der Waals surface area contributed by atoms with Crippen molar-refractivity contribution in [1.29, 1.82) is 0 Å². The van der Waals surface area contributed by atoms with E-state index in [1.165, 1.54) is 10.4 Å². The van der Waals surface area contributed by atoms with Crippen LogP contribution in [-0.2, 0) is 10.2 Å². The fourth-order valence-corrected chi connectivity index (χ4v) is 5.91. The summed E-state index contributed by atoms with van der Waals surface area (Å²) in [5, 5.41) is 5.99. The highest BCUT2D eigenvalue weighted by Crippen LogP contribution is 2.35. The van der Waals surface area contributed by atoms with Crippen LogP contribution >= 0.6 is 0 Å². The van der Waals surface area contributed by atoms with Crippen LogP contribution in [0.2, 0.25) is 0 Å². The molecule has 166 valence electrons. The van der Waals surface area contributed by atoms with Crippen LogP contribution in [0.3, 0.4) is 0 Å². The number of nitrogens with zero attached hydrogens (tertiary/aromatic N) is 2. The maximum absolute atomic E-state index is 14.7. The molecule has 3 rings (SSSR count). The Balaban J connectivity index is 2.00. The van der Waals surface area contributed by atoms with E-state index in [0.717, 1.165) is 18.4 Å². The zero-order valence-electron chi connectivity index (χ0n) is 17.9. The first kappa shape index (κ1) is 22.6. The first-order valence-corrected chi connectivity index (χ1v) is 11.5. The van der Waals surface area contributed by atoms with Crippen molar-refractivity contribution >= 4 is 10.2 Å². The highest BCUT2D eigenvalue weighted by molar-refractivity contribution is 7.87. The van der Waals surface area contributed by atoms with Crippen LogP contribution in [0.25, 0.3) is 0 Å². The van der Waals surface area contributed by atoms with Crippen LogP contribution in [0.1, 0.15) is 68.2 Å². The van der Waals surface area contributed by atoms with Gasteiger partial charge in [0.05, 0.1) is 0 Å². The second kappa shape index (κ2) is 8.60. The number of aryl methyl sites for hydroxylation is 1. The quantitative estimate of drug-likeness (QED) is 0.718. The van der Waals surface area contributed by atoms with Gasteiger partial charge in [-0.25, -0.2) is 14.3 Å². The number of halogens is 1. The van der Waals surface area contributed by atoms with Crippen LogP contribution in [0, 0.1) is 25.6 Å². The van der Waals surface area contributed by atoms with Crippen molar-refractivity contribution in [3.05, 3.63) is 51.1 Å².